The van der Waals surface area contributed by atoms with E-state index in [1.165, 1.54) is 0 Å². The van der Waals surface area contributed by atoms with Crippen LogP contribution in [0.15, 0.2) is 18.2 Å². The van der Waals surface area contributed by atoms with Crippen molar-refractivity contribution >= 4 is 17.3 Å². The standard InChI is InChI=1S/C15H24ClNO3/c1-12(18)14-6-5-13(11-15(14)16)17(8-10-20-3)7-4-9-19-2/h5-6,11-12,18H,4,7-10H2,1-3H3. The van der Waals surface area contributed by atoms with Crippen LogP contribution < -0.4 is 4.90 Å². The van der Waals surface area contributed by atoms with Gasteiger partial charge in [-0.2, -0.15) is 0 Å². The Bertz CT molecular complexity index is 399. The van der Waals surface area contributed by atoms with Crippen LogP contribution in [0.2, 0.25) is 5.02 Å². The highest BCUT2D eigenvalue weighted by Crippen LogP contribution is 2.28. The maximum Gasteiger partial charge on any atom is 0.0776 e. The van der Waals surface area contributed by atoms with Gasteiger partial charge in [0.2, 0.25) is 0 Å². The lowest BCUT2D eigenvalue weighted by Crippen LogP contribution is -2.29. The smallest absolute Gasteiger partial charge is 0.0776 e. The van der Waals surface area contributed by atoms with Crippen molar-refractivity contribution in [1.82, 2.24) is 0 Å². The molecule has 0 amide bonds. The van der Waals surface area contributed by atoms with Gasteiger partial charge in [-0.05, 0) is 31.0 Å². The van der Waals surface area contributed by atoms with E-state index < -0.39 is 6.10 Å². The molecule has 0 aliphatic rings. The van der Waals surface area contributed by atoms with Gasteiger partial charge in [-0.1, -0.05) is 17.7 Å². The second-order valence-electron chi connectivity index (χ2n) is 4.71. The van der Waals surface area contributed by atoms with Crippen molar-refractivity contribution in [1.29, 1.82) is 0 Å². The van der Waals surface area contributed by atoms with Crippen LogP contribution in [0.25, 0.3) is 0 Å². The van der Waals surface area contributed by atoms with Gasteiger partial charge in [0.25, 0.3) is 0 Å². The van der Waals surface area contributed by atoms with E-state index in [0.717, 1.165) is 37.4 Å². The van der Waals surface area contributed by atoms with Gasteiger partial charge in [-0.25, -0.2) is 0 Å². The Hall–Kier alpha value is -0.810. The molecule has 114 valence electrons. The first-order valence-corrected chi connectivity index (χ1v) is 7.18. The number of aliphatic hydroxyl groups is 1. The first-order chi connectivity index (χ1) is 9.60. The molecule has 0 aliphatic heterocycles. The average molecular weight is 302 g/mol. The molecule has 1 N–H and O–H groups in total. The van der Waals surface area contributed by atoms with Crippen molar-refractivity contribution < 1.29 is 14.6 Å². The zero-order valence-electron chi connectivity index (χ0n) is 12.4. The van der Waals surface area contributed by atoms with E-state index in [1.807, 2.05) is 18.2 Å². The van der Waals surface area contributed by atoms with Crippen LogP contribution in [-0.2, 0) is 9.47 Å². The third-order valence-electron chi connectivity index (χ3n) is 3.14. The third kappa shape index (κ3) is 5.29. The van der Waals surface area contributed by atoms with Crippen LogP contribution in [0.4, 0.5) is 5.69 Å². The summed E-state index contributed by atoms with van der Waals surface area (Å²) in [4.78, 5) is 2.21. The van der Waals surface area contributed by atoms with Crippen LogP contribution in [0, 0.1) is 0 Å². The van der Waals surface area contributed by atoms with Crippen LogP contribution in [0.1, 0.15) is 25.0 Å². The zero-order chi connectivity index (χ0) is 15.0. The molecule has 0 saturated carbocycles. The van der Waals surface area contributed by atoms with E-state index >= 15 is 0 Å². The van der Waals surface area contributed by atoms with Crippen molar-refractivity contribution in [3.63, 3.8) is 0 Å². The Labute approximate surface area is 126 Å². The number of hydrogen-bond acceptors (Lipinski definition) is 4. The summed E-state index contributed by atoms with van der Waals surface area (Å²) in [5.74, 6) is 0. The lowest BCUT2D eigenvalue weighted by atomic mass is 10.1. The first-order valence-electron chi connectivity index (χ1n) is 6.80. The number of benzene rings is 1. The average Bonchev–Trinajstić information content (AvgIpc) is 2.42. The molecular weight excluding hydrogens is 278 g/mol. The van der Waals surface area contributed by atoms with E-state index in [4.69, 9.17) is 21.1 Å². The third-order valence-corrected chi connectivity index (χ3v) is 3.47. The van der Waals surface area contributed by atoms with Crippen molar-refractivity contribution in [2.45, 2.75) is 19.4 Å². The fourth-order valence-corrected chi connectivity index (χ4v) is 2.36. The molecular formula is C15H24ClNO3. The van der Waals surface area contributed by atoms with Crippen LogP contribution in [-0.4, -0.2) is 45.6 Å². The topological polar surface area (TPSA) is 41.9 Å². The Balaban J connectivity index is 2.80. The largest absolute Gasteiger partial charge is 0.389 e. The van der Waals surface area contributed by atoms with Crippen molar-refractivity contribution in [3.8, 4) is 0 Å². The monoisotopic (exact) mass is 301 g/mol. The van der Waals surface area contributed by atoms with Gasteiger partial charge in [0.15, 0.2) is 0 Å². The number of nitrogens with zero attached hydrogens (tertiary/aromatic N) is 1. The Morgan fingerprint density at radius 2 is 1.90 bits per heavy atom. The van der Waals surface area contributed by atoms with Gasteiger partial charge >= 0.3 is 0 Å². The summed E-state index contributed by atoms with van der Waals surface area (Å²) >= 11 is 6.22. The van der Waals surface area contributed by atoms with E-state index in [9.17, 15) is 5.11 Å². The van der Waals surface area contributed by atoms with Gasteiger partial charge in [0, 0.05) is 44.6 Å². The number of hydrogen-bond donors (Lipinski definition) is 1. The SMILES string of the molecule is COCCCN(CCOC)c1ccc(C(C)O)c(Cl)c1. The first kappa shape index (κ1) is 17.2. The molecule has 5 heteroatoms. The summed E-state index contributed by atoms with van der Waals surface area (Å²) < 4.78 is 10.2. The molecule has 0 aliphatic carbocycles. The fraction of sp³-hybridized carbons (Fsp3) is 0.600. The maximum atomic E-state index is 9.61. The van der Waals surface area contributed by atoms with Crippen LogP contribution >= 0.6 is 11.6 Å². The molecule has 20 heavy (non-hydrogen) atoms. The second-order valence-corrected chi connectivity index (χ2v) is 5.12. The van der Waals surface area contributed by atoms with Gasteiger partial charge in [-0.15, -0.1) is 0 Å². The number of ether oxygens (including phenoxy) is 2. The Kier molecular flexibility index (Phi) is 7.92. The fourth-order valence-electron chi connectivity index (χ4n) is 2.02. The molecule has 0 saturated heterocycles. The lowest BCUT2D eigenvalue weighted by molar-refractivity contribution is 0.191. The van der Waals surface area contributed by atoms with Crippen molar-refractivity contribution in [2.75, 3.05) is 45.4 Å². The molecule has 0 spiro atoms. The maximum absolute atomic E-state index is 9.61. The lowest BCUT2D eigenvalue weighted by Gasteiger charge is -2.25. The molecule has 1 unspecified atom stereocenters. The molecule has 1 rings (SSSR count). The summed E-state index contributed by atoms with van der Waals surface area (Å²) in [5, 5.41) is 10.2. The van der Waals surface area contributed by atoms with E-state index in [1.54, 1.807) is 21.1 Å². The molecule has 0 heterocycles. The van der Waals surface area contributed by atoms with Crippen LogP contribution in [0.3, 0.4) is 0 Å². The molecule has 1 atom stereocenters. The van der Waals surface area contributed by atoms with E-state index in [-0.39, 0.29) is 0 Å². The Morgan fingerprint density at radius 3 is 2.45 bits per heavy atom. The summed E-state index contributed by atoms with van der Waals surface area (Å²) in [5.41, 5.74) is 1.78. The molecule has 0 fully saturated rings. The van der Waals surface area contributed by atoms with Gasteiger partial charge in [-0.3, -0.25) is 0 Å². The number of halogens is 1. The summed E-state index contributed by atoms with van der Waals surface area (Å²) in [6.07, 6.45) is 0.383. The normalized spacial score (nSPS) is 12.4. The number of methoxy groups -OCH3 is 2. The Morgan fingerprint density at radius 1 is 1.20 bits per heavy atom. The quantitative estimate of drug-likeness (QED) is 0.712. The summed E-state index contributed by atoms with van der Waals surface area (Å²) in [6.45, 7) is 4.76. The molecule has 0 bridgehead atoms. The molecule has 1 aromatic carbocycles. The number of rotatable bonds is 9. The molecule has 0 aromatic heterocycles. The van der Waals surface area contributed by atoms with E-state index in [0.29, 0.717) is 11.6 Å². The minimum atomic E-state index is -0.558. The molecule has 1 aromatic rings. The van der Waals surface area contributed by atoms with E-state index in [2.05, 4.69) is 4.90 Å². The van der Waals surface area contributed by atoms with Crippen molar-refractivity contribution in [3.05, 3.63) is 28.8 Å². The van der Waals surface area contributed by atoms with Gasteiger partial charge in [0.05, 0.1) is 12.7 Å². The minimum absolute atomic E-state index is 0.558. The number of anilines is 1. The highest BCUT2D eigenvalue weighted by molar-refractivity contribution is 6.31. The highest BCUT2D eigenvalue weighted by atomic mass is 35.5. The predicted octanol–water partition coefficient (Wildman–Crippen LogP) is 2.88. The predicted molar refractivity (Wildman–Crippen MR) is 82.7 cm³/mol. The zero-order valence-corrected chi connectivity index (χ0v) is 13.2. The van der Waals surface area contributed by atoms with Crippen molar-refractivity contribution in [2.24, 2.45) is 0 Å². The summed E-state index contributed by atoms with van der Waals surface area (Å²) in [6, 6.07) is 5.75. The second kappa shape index (κ2) is 9.19. The van der Waals surface area contributed by atoms with Gasteiger partial charge < -0.3 is 19.5 Å². The van der Waals surface area contributed by atoms with Gasteiger partial charge in [0.1, 0.15) is 0 Å². The minimum Gasteiger partial charge on any atom is -0.389 e. The van der Waals surface area contributed by atoms with Crippen LogP contribution in [0.5, 0.6) is 0 Å². The highest BCUT2D eigenvalue weighted by Gasteiger charge is 2.11. The molecule has 0 radical (unpaired) electrons. The molecule has 4 nitrogen and oxygen atoms in total. The number of aliphatic hydroxyl groups excluding tert-OH is 1. The summed E-state index contributed by atoms with van der Waals surface area (Å²) in [7, 11) is 3.39.